The van der Waals surface area contributed by atoms with E-state index in [9.17, 15) is 4.79 Å². The Morgan fingerprint density at radius 2 is 1.86 bits per heavy atom. The molecule has 21 heavy (non-hydrogen) atoms. The molecule has 1 aliphatic rings. The number of alkyl halides is 1. The number of halogens is 1. The highest BCUT2D eigenvalue weighted by Crippen LogP contribution is 2.35. The van der Waals surface area contributed by atoms with E-state index in [1.54, 1.807) is 4.90 Å². The fraction of sp³-hybridized carbons (Fsp3) is 0.278. The normalized spacial score (nSPS) is 15.8. The predicted octanol–water partition coefficient (Wildman–Crippen LogP) is 4.39. The van der Waals surface area contributed by atoms with Crippen LogP contribution in [0.3, 0.4) is 0 Å². The van der Waals surface area contributed by atoms with Gasteiger partial charge in [0.15, 0.2) is 0 Å². The van der Waals surface area contributed by atoms with E-state index in [0.29, 0.717) is 6.42 Å². The van der Waals surface area contributed by atoms with Gasteiger partial charge in [-0.05, 0) is 36.1 Å². The second kappa shape index (κ2) is 5.64. The maximum absolute atomic E-state index is 11.8. The lowest BCUT2D eigenvalue weighted by Gasteiger charge is -2.26. The summed E-state index contributed by atoms with van der Waals surface area (Å²) in [7, 11) is 1.85. The molecule has 1 heterocycles. The summed E-state index contributed by atoms with van der Waals surface area (Å²) in [6, 6.07) is 14.9. The summed E-state index contributed by atoms with van der Waals surface area (Å²) in [5.74, 6) is 0.198. The highest BCUT2D eigenvalue weighted by molar-refractivity contribution is 9.09. The molecule has 1 aliphatic heterocycles. The van der Waals surface area contributed by atoms with Crippen LogP contribution in [0.4, 0.5) is 5.69 Å². The molecule has 2 aromatic rings. The highest BCUT2D eigenvalue weighted by Gasteiger charge is 2.22. The van der Waals surface area contributed by atoms with Gasteiger partial charge in [0.1, 0.15) is 0 Å². The van der Waals surface area contributed by atoms with Crippen molar-refractivity contribution in [2.75, 3.05) is 11.9 Å². The fourth-order valence-electron chi connectivity index (χ4n) is 2.85. The van der Waals surface area contributed by atoms with E-state index in [1.807, 2.05) is 7.05 Å². The molecule has 3 rings (SSSR count). The van der Waals surface area contributed by atoms with Crippen molar-refractivity contribution in [2.45, 2.75) is 24.6 Å². The Morgan fingerprint density at radius 3 is 2.62 bits per heavy atom. The SMILES string of the molecule is Cc1cccc(C(Br)c2ccc3c(c2)CCC(=O)N3C)c1. The van der Waals surface area contributed by atoms with Crippen LogP contribution in [0.15, 0.2) is 42.5 Å². The molecule has 0 saturated carbocycles. The monoisotopic (exact) mass is 343 g/mol. The zero-order valence-electron chi connectivity index (χ0n) is 12.3. The molecule has 2 aromatic carbocycles. The Hall–Kier alpha value is -1.61. The first-order valence-electron chi connectivity index (χ1n) is 7.16. The number of amides is 1. The molecule has 0 N–H and O–H groups in total. The van der Waals surface area contributed by atoms with Gasteiger partial charge in [0, 0.05) is 19.2 Å². The number of carbonyl (C=O) groups excluding carboxylic acids is 1. The third-order valence-corrected chi connectivity index (χ3v) is 5.13. The molecule has 0 spiro atoms. The maximum Gasteiger partial charge on any atom is 0.227 e. The number of hydrogen-bond donors (Lipinski definition) is 0. The number of anilines is 1. The zero-order valence-corrected chi connectivity index (χ0v) is 13.9. The van der Waals surface area contributed by atoms with Crippen LogP contribution < -0.4 is 4.90 Å². The highest BCUT2D eigenvalue weighted by atomic mass is 79.9. The topological polar surface area (TPSA) is 20.3 Å². The molecular weight excluding hydrogens is 326 g/mol. The van der Waals surface area contributed by atoms with Crippen molar-refractivity contribution in [3.63, 3.8) is 0 Å². The summed E-state index contributed by atoms with van der Waals surface area (Å²) in [6.07, 6.45) is 1.43. The molecule has 2 nitrogen and oxygen atoms in total. The van der Waals surface area contributed by atoms with Crippen LogP contribution in [-0.2, 0) is 11.2 Å². The van der Waals surface area contributed by atoms with Crippen molar-refractivity contribution in [2.24, 2.45) is 0 Å². The van der Waals surface area contributed by atoms with Gasteiger partial charge in [0.05, 0.1) is 4.83 Å². The Kier molecular flexibility index (Phi) is 3.85. The first-order valence-corrected chi connectivity index (χ1v) is 8.08. The minimum absolute atomic E-state index is 0.186. The fourth-order valence-corrected chi connectivity index (χ4v) is 3.42. The molecule has 3 heteroatoms. The Balaban J connectivity index is 1.95. The first kappa shape index (κ1) is 14.3. The smallest absolute Gasteiger partial charge is 0.227 e. The van der Waals surface area contributed by atoms with Gasteiger partial charge < -0.3 is 4.90 Å². The van der Waals surface area contributed by atoms with Gasteiger partial charge >= 0.3 is 0 Å². The number of carbonyl (C=O) groups is 1. The van der Waals surface area contributed by atoms with Crippen molar-refractivity contribution in [3.05, 3.63) is 64.7 Å². The maximum atomic E-state index is 11.8. The summed E-state index contributed by atoms with van der Waals surface area (Å²) < 4.78 is 0. The largest absolute Gasteiger partial charge is 0.315 e. The van der Waals surface area contributed by atoms with E-state index in [1.165, 1.54) is 22.3 Å². The van der Waals surface area contributed by atoms with Crippen LogP contribution in [0.2, 0.25) is 0 Å². The Labute approximate surface area is 133 Å². The van der Waals surface area contributed by atoms with Crippen molar-refractivity contribution >= 4 is 27.5 Å². The Morgan fingerprint density at radius 1 is 1.10 bits per heavy atom. The Bertz CT molecular complexity index is 695. The molecule has 0 aromatic heterocycles. The molecule has 108 valence electrons. The van der Waals surface area contributed by atoms with E-state index in [4.69, 9.17) is 0 Å². The second-order valence-electron chi connectivity index (χ2n) is 5.62. The summed E-state index contributed by atoms with van der Waals surface area (Å²) in [4.78, 5) is 13.7. The van der Waals surface area contributed by atoms with Crippen LogP contribution >= 0.6 is 15.9 Å². The number of aryl methyl sites for hydroxylation is 2. The van der Waals surface area contributed by atoms with Gasteiger partial charge in [-0.2, -0.15) is 0 Å². The average Bonchev–Trinajstić information content (AvgIpc) is 2.50. The van der Waals surface area contributed by atoms with Gasteiger partial charge in [0.2, 0.25) is 5.91 Å². The van der Waals surface area contributed by atoms with E-state index >= 15 is 0 Å². The van der Waals surface area contributed by atoms with E-state index in [0.717, 1.165) is 12.1 Å². The third kappa shape index (κ3) is 2.75. The quantitative estimate of drug-likeness (QED) is 0.740. The van der Waals surface area contributed by atoms with E-state index in [-0.39, 0.29) is 10.7 Å². The number of benzene rings is 2. The van der Waals surface area contributed by atoms with Crippen LogP contribution in [0.1, 0.15) is 33.5 Å². The van der Waals surface area contributed by atoms with Crippen molar-refractivity contribution in [1.82, 2.24) is 0 Å². The van der Waals surface area contributed by atoms with E-state index in [2.05, 4.69) is 65.3 Å². The summed E-state index contributed by atoms with van der Waals surface area (Å²) in [5, 5.41) is 0. The van der Waals surface area contributed by atoms with Gasteiger partial charge in [-0.25, -0.2) is 0 Å². The molecule has 0 saturated heterocycles. The zero-order chi connectivity index (χ0) is 15.0. The first-order chi connectivity index (χ1) is 10.1. The van der Waals surface area contributed by atoms with Crippen LogP contribution in [0.25, 0.3) is 0 Å². The lowest BCUT2D eigenvalue weighted by Crippen LogP contribution is -2.31. The van der Waals surface area contributed by atoms with Crippen LogP contribution in [0.5, 0.6) is 0 Å². The van der Waals surface area contributed by atoms with Crippen molar-refractivity contribution in [1.29, 1.82) is 0 Å². The number of hydrogen-bond acceptors (Lipinski definition) is 1. The molecule has 0 radical (unpaired) electrons. The average molecular weight is 344 g/mol. The van der Waals surface area contributed by atoms with Crippen LogP contribution in [0, 0.1) is 6.92 Å². The van der Waals surface area contributed by atoms with E-state index < -0.39 is 0 Å². The molecular formula is C18H18BrNO. The molecule has 0 aliphatic carbocycles. The van der Waals surface area contributed by atoms with Gasteiger partial charge in [-0.3, -0.25) is 4.79 Å². The molecule has 1 amide bonds. The lowest BCUT2D eigenvalue weighted by molar-refractivity contribution is -0.118. The molecule has 1 unspecified atom stereocenters. The summed E-state index contributed by atoms with van der Waals surface area (Å²) in [5.41, 5.74) is 6.06. The number of nitrogens with zero attached hydrogens (tertiary/aromatic N) is 1. The minimum atomic E-state index is 0.186. The summed E-state index contributed by atoms with van der Waals surface area (Å²) >= 11 is 3.80. The molecule has 0 bridgehead atoms. The minimum Gasteiger partial charge on any atom is -0.315 e. The lowest BCUT2D eigenvalue weighted by atomic mass is 9.96. The molecule has 0 fully saturated rings. The van der Waals surface area contributed by atoms with Crippen molar-refractivity contribution < 1.29 is 4.79 Å². The predicted molar refractivity (Wildman–Crippen MR) is 90.1 cm³/mol. The number of rotatable bonds is 2. The second-order valence-corrected chi connectivity index (χ2v) is 6.53. The summed E-state index contributed by atoms with van der Waals surface area (Å²) in [6.45, 7) is 2.11. The standard InChI is InChI=1S/C18H18BrNO/c1-12-4-3-5-14(10-12)18(19)15-6-8-16-13(11-15)7-9-17(21)20(16)2/h3-6,8,10-11,18H,7,9H2,1-2H3. The van der Waals surface area contributed by atoms with Gasteiger partial charge in [0.25, 0.3) is 0 Å². The van der Waals surface area contributed by atoms with Gasteiger partial charge in [-0.1, -0.05) is 57.9 Å². The van der Waals surface area contributed by atoms with Crippen molar-refractivity contribution in [3.8, 4) is 0 Å². The van der Waals surface area contributed by atoms with Gasteiger partial charge in [-0.15, -0.1) is 0 Å². The number of fused-ring (bicyclic) bond motifs is 1. The van der Waals surface area contributed by atoms with Crippen LogP contribution in [-0.4, -0.2) is 13.0 Å². The molecule has 1 atom stereocenters. The third-order valence-electron chi connectivity index (χ3n) is 4.07.